The first-order chi connectivity index (χ1) is 7.93. The molecule has 1 aliphatic heterocycles. The number of fused-ring (bicyclic) bond motifs is 1. The van der Waals surface area contributed by atoms with Crippen molar-refractivity contribution in [2.24, 2.45) is 4.99 Å². The number of pyridine rings is 1. The van der Waals surface area contributed by atoms with Gasteiger partial charge in [-0.2, -0.15) is 0 Å². The zero-order chi connectivity index (χ0) is 10.8. The van der Waals surface area contributed by atoms with E-state index in [-0.39, 0.29) is 0 Å². The van der Waals surface area contributed by atoms with Crippen LogP contribution in [0.2, 0.25) is 0 Å². The van der Waals surface area contributed by atoms with Gasteiger partial charge in [0, 0.05) is 24.0 Å². The van der Waals surface area contributed by atoms with Gasteiger partial charge in [-0.3, -0.25) is 4.99 Å². The fraction of sp³-hybridized carbons (Fsp3) is 0.0769. The summed E-state index contributed by atoms with van der Waals surface area (Å²) in [4.78, 5) is 10.7. The summed E-state index contributed by atoms with van der Waals surface area (Å²) < 4.78 is 0. The highest BCUT2D eigenvalue weighted by atomic mass is 15.2. The van der Waals surface area contributed by atoms with E-state index in [0.29, 0.717) is 0 Å². The Kier molecular flexibility index (Phi) is 2.14. The Morgan fingerprint density at radius 2 is 2.00 bits per heavy atom. The van der Waals surface area contributed by atoms with E-state index in [4.69, 9.17) is 0 Å². The second-order valence-corrected chi connectivity index (χ2v) is 3.64. The summed E-state index contributed by atoms with van der Waals surface area (Å²) in [5.74, 6) is 0.959. The van der Waals surface area contributed by atoms with Gasteiger partial charge in [-0.05, 0) is 18.2 Å². The first kappa shape index (κ1) is 9.09. The molecule has 2 aromatic rings. The molecule has 0 atom stereocenters. The SMILES string of the molecule is C1=CN(c2ccc3ccccc3n2)CC=N1. The second-order valence-electron chi connectivity index (χ2n) is 3.64. The predicted octanol–water partition coefficient (Wildman–Crippen LogP) is 2.60. The molecule has 0 saturated carbocycles. The molecule has 1 aromatic heterocycles. The molecular formula is C13H11N3. The minimum absolute atomic E-state index is 0.780. The molecule has 0 saturated heterocycles. The summed E-state index contributed by atoms with van der Waals surface area (Å²) in [7, 11) is 0. The molecular weight excluding hydrogens is 198 g/mol. The van der Waals surface area contributed by atoms with E-state index in [9.17, 15) is 0 Å². The minimum atomic E-state index is 0.780. The van der Waals surface area contributed by atoms with Crippen LogP contribution in [-0.2, 0) is 0 Å². The zero-order valence-electron chi connectivity index (χ0n) is 8.74. The second kappa shape index (κ2) is 3.77. The van der Waals surface area contributed by atoms with Crippen LogP contribution in [-0.4, -0.2) is 17.7 Å². The number of para-hydroxylation sites is 1. The van der Waals surface area contributed by atoms with Gasteiger partial charge in [0.1, 0.15) is 5.82 Å². The van der Waals surface area contributed by atoms with Gasteiger partial charge < -0.3 is 4.90 Å². The lowest BCUT2D eigenvalue weighted by molar-refractivity contribution is 1.07. The van der Waals surface area contributed by atoms with Gasteiger partial charge in [0.25, 0.3) is 0 Å². The number of hydrogen-bond donors (Lipinski definition) is 0. The maximum atomic E-state index is 4.61. The highest BCUT2D eigenvalue weighted by molar-refractivity contribution is 5.81. The number of anilines is 1. The smallest absolute Gasteiger partial charge is 0.133 e. The lowest BCUT2D eigenvalue weighted by atomic mass is 10.2. The molecule has 0 spiro atoms. The summed E-state index contributed by atoms with van der Waals surface area (Å²) in [6, 6.07) is 12.3. The molecule has 3 heteroatoms. The summed E-state index contributed by atoms with van der Waals surface area (Å²) >= 11 is 0. The van der Waals surface area contributed by atoms with Crippen LogP contribution in [0.5, 0.6) is 0 Å². The molecule has 3 rings (SSSR count). The van der Waals surface area contributed by atoms with Crippen LogP contribution in [0.15, 0.2) is 53.8 Å². The van der Waals surface area contributed by atoms with Crippen LogP contribution < -0.4 is 4.90 Å². The number of nitrogens with zero attached hydrogens (tertiary/aromatic N) is 3. The highest BCUT2D eigenvalue weighted by Crippen LogP contribution is 2.18. The Labute approximate surface area is 93.8 Å². The van der Waals surface area contributed by atoms with Crippen molar-refractivity contribution in [1.29, 1.82) is 0 Å². The van der Waals surface area contributed by atoms with Crippen molar-refractivity contribution >= 4 is 22.9 Å². The third-order valence-corrected chi connectivity index (χ3v) is 2.59. The predicted molar refractivity (Wildman–Crippen MR) is 66.7 cm³/mol. The quantitative estimate of drug-likeness (QED) is 0.722. The molecule has 0 N–H and O–H groups in total. The Morgan fingerprint density at radius 1 is 1.06 bits per heavy atom. The van der Waals surface area contributed by atoms with Gasteiger partial charge in [-0.25, -0.2) is 4.98 Å². The number of rotatable bonds is 1. The van der Waals surface area contributed by atoms with E-state index < -0.39 is 0 Å². The lowest BCUT2D eigenvalue weighted by Crippen LogP contribution is -2.21. The Morgan fingerprint density at radius 3 is 2.88 bits per heavy atom. The third-order valence-electron chi connectivity index (χ3n) is 2.59. The molecule has 0 amide bonds. The van der Waals surface area contributed by atoms with Crippen LogP contribution in [0.4, 0.5) is 5.82 Å². The summed E-state index contributed by atoms with van der Waals surface area (Å²) in [6.45, 7) is 0.780. The van der Waals surface area contributed by atoms with E-state index >= 15 is 0 Å². The van der Waals surface area contributed by atoms with Crippen molar-refractivity contribution < 1.29 is 0 Å². The van der Waals surface area contributed by atoms with E-state index in [1.54, 1.807) is 6.20 Å². The minimum Gasteiger partial charge on any atom is -0.326 e. The van der Waals surface area contributed by atoms with Crippen LogP contribution in [0.25, 0.3) is 10.9 Å². The molecule has 1 aliphatic rings. The highest BCUT2D eigenvalue weighted by Gasteiger charge is 2.05. The van der Waals surface area contributed by atoms with Crippen molar-refractivity contribution in [3.63, 3.8) is 0 Å². The zero-order valence-corrected chi connectivity index (χ0v) is 8.74. The van der Waals surface area contributed by atoms with Gasteiger partial charge in [-0.1, -0.05) is 18.2 Å². The van der Waals surface area contributed by atoms with Gasteiger partial charge in [0.2, 0.25) is 0 Å². The van der Waals surface area contributed by atoms with Gasteiger partial charge in [0.15, 0.2) is 0 Å². The average Bonchev–Trinajstić information content (AvgIpc) is 2.39. The molecule has 0 aliphatic carbocycles. The van der Waals surface area contributed by atoms with Crippen molar-refractivity contribution in [2.75, 3.05) is 11.4 Å². The topological polar surface area (TPSA) is 28.5 Å². The largest absolute Gasteiger partial charge is 0.326 e. The Bertz CT molecular complexity index is 572. The van der Waals surface area contributed by atoms with Crippen molar-refractivity contribution in [3.8, 4) is 0 Å². The van der Waals surface area contributed by atoms with Crippen LogP contribution in [0.3, 0.4) is 0 Å². The third kappa shape index (κ3) is 1.56. The standard InChI is InChI=1S/C13H11N3/c1-2-4-12-11(3-1)5-6-13(15-12)16-9-7-14-8-10-16/h1-9H,10H2. The van der Waals surface area contributed by atoms with Gasteiger partial charge in [0.05, 0.1) is 12.1 Å². The summed E-state index contributed by atoms with van der Waals surface area (Å²) in [5.41, 5.74) is 1.02. The maximum Gasteiger partial charge on any atom is 0.133 e. The van der Waals surface area contributed by atoms with Gasteiger partial charge >= 0.3 is 0 Å². The number of aliphatic imine (C=N–C) groups is 1. The Balaban J connectivity index is 2.05. The normalized spacial score (nSPS) is 14.6. The molecule has 0 fully saturated rings. The molecule has 78 valence electrons. The molecule has 2 heterocycles. The molecule has 0 radical (unpaired) electrons. The van der Waals surface area contributed by atoms with Crippen LogP contribution in [0.1, 0.15) is 0 Å². The van der Waals surface area contributed by atoms with Crippen molar-refractivity contribution in [2.45, 2.75) is 0 Å². The van der Waals surface area contributed by atoms with E-state index in [1.807, 2.05) is 36.7 Å². The average molecular weight is 209 g/mol. The molecule has 1 aromatic carbocycles. The fourth-order valence-electron chi connectivity index (χ4n) is 1.76. The molecule has 3 nitrogen and oxygen atoms in total. The number of aromatic nitrogens is 1. The van der Waals surface area contributed by atoms with Crippen LogP contribution in [0, 0.1) is 0 Å². The number of hydrogen-bond acceptors (Lipinski definition) is 3. The number of benzene rings is 1. The molecule has 0 unspecified atom stereocenters. The molecule has 16 heavy (non-hydrogen) atoms. The monoisotopic (exact) mass is 209 g/mol. The summed E-state index contributed by atoms with van der Waals surface area (Å²) in [5, 5.41) is 1.17. The maximum absolute atomic E-state index is 4.61. The van der Waals surface area contributed by atoms with E-state index in [0.717, 1.165) is 17.9 Å². The Hall–Kier alpha value is -2.16. The fourth-order valence-corrected chi connectivity index (χ4v) is 1.76. The van der Waals surface area contributed by atoms with Gasteiger partial charge in [-0.15, -0.1) is 0 Å². The first-order valence-electron chi connectivity index (χ1n) is 5.24. The van der Waals surface area contributed by atoms with Crippen molar-refractivity contribution in [1.82, 2.24) is 4.98 Å². The lowest BCUT2D eigenvalue weighted by Gasteiger charge is -2.18. The van der Waals surface area contributed by atoms with E-state index in [1.165, 1.54) is 5.39 Å². The van der Waals surface area contributed by atoms with Crippen LogP contribution >= 0.6 is 0 Å². The van der Waals surface area contributed by atoms with E-state index in [2.05, 4.69) is 27.0 Å². The van der Waals surface area contributed by atoms with Crippen molar-refractivity contribution in [3.05, 3.63) is 48.8 Å². The summed E-state index contributed by atoms with van der Waals surface area (Å²) in [6.07, 6.45) is 5.59. The first-order valence-corrected chi connectivity index (χ1v) is 5.24. The molecule has 0 bridgehead atoms.